The SMILES string of the molecule is Cn1c(-c2ccc(OCC#N)c(F)c2F)cnc1C(=O)Nc1ccc(C(=O)N2CCN(C(=O)C3CCNCC3)CC2)c(Cl)c1. The van der Waals surface area contributed by atoms with E-state index >= 15 is 0 Å². The number of nitriles is 1. The summed E-state index contributed by atoms with van der Waals surface area (Å²) in [6.45, 7) is 2.94. The monoisotopic (exact) mass is 625 g/mol. The maximum Gasteiger partial charge on any atom is 0.291 e. The average molecular weight is 626 g/mol. The van der Waals surface area contributed by atoms with E-state index in [-0.39, 0.29) is 45.4 Å². The number of anilines is 1. The summed E-state index contributed by atoms with van der Waals surface area (Å²) in [5.74, 6) is -3.70. The van der Waals surface area contributed by atoms with Gasteiger partial charge in [0.25, 0.3) is 11.8 Å². The molecular weight excluding hydrogens is 596 g/mol. The van der Waals surface area contributed by atoms with Crippen molar-refractivity contribution in [3.63, 3.8) is 0 Å². The lowest BCUT2D eigenvalue weighted by Gasteiger charge is -2.37. The first kappa shape index (κ1) is 30.9. The van der Waals surface area contributed by atoms with Gasteiger partial charge in [-0.15, -0.1) is 0 Å². The Morgan fingerprint density at radius 2 is 1.80 bits per heavy atom. The van der Waals surface area contributed by atoms with E-state index in [1.807, 2.05) is 4.90 Å². The lowest BCUT2D eigenvalue weighted by atomic mass is 9.96. The number of hydrogen-bond acceptors (Lipinski definition) is 7. The second kappa shape index (κ2) is 13.4. The maximum absolute atomic E-state index is 14.8. The van der Waals surface area contributed by atoms with Crippen molar-refractivity contribution in [1.82, 2.24) is 24.7 Å². The molecule has 2 aromatic carbocycles. The van der Waals surface area contributed by atoms with E-state index in [0.29, 0.717) is 31.9 Å². The summed E-state index contributed by atoms with van der Waals surface area (Å²) in [6.07, 6.45) is 2.88. The molecule has 0 bridgehead atoms. The smallest absolute Gasteiger partial charge is 0.291 e. The molecule has 2 aliphatic heterocycles. The van der Waals surface area contributed by atoms with Gasteiger partial charge in [-0.05, 0) is 56.3 Å². The zero-order valence-electron chi connectivity index (χ0n) is 23.9. The zero-order valence-corrected chi connectivity index (χ0v) is 24.7. The largest absolute Gasteiger partial charge is 0.476 e. The van der Waals surface area contributed by atoms with Crippen molar-refractivity contribution >= 4 is 35.0 Å². The van der Waals surface area contributed by atoms with Gasteiger partial charge >= 0.3 is 0 Å². The summed E-state index contributed by atoms with van der Waals surface area (Å²) < 4.78 is 35.4. The predicted molar refractivity (Wildman–Crippen MR) is 157 cm³/mol. The number of aromatic nitrogens is 2. The molecule has 2 N–H and O–H groups in total. The van der Waals surface area contributed by atoms with Crippen molar-refractivity contribution in [3.8, 4) is 23.1 Å². The molecule has 5 rings (SSSR count). The minimum absolute atomic E-state index is 0.0275. The Bertz CT molecular complexity index is 1630. The van der Waals surface area contributed by atoms with Crippen molar-refractivity contribution < 1.29 is 27.9 Å². The number of hydrogen-bond donors (Lipinski definition) is 2. The van der Waals surface area contributed by atoms with Crippen molar-refractivity contribution in [3.05, 3.63) is 64.6 Å². The molecule has 0 radical (unpaired) electrons. The van der Waals surface area contributed by atoms with Crippen molar-refractivity contribution in [1.29, 1.82) is 5.26 Å². The number of nitrogens with zero attached hydrogens (tertiary/aromatic N) is 5. The number of rotatable bonds is 7. The highest BCUT2D eigenvalue weighted by molar-refractivity contribution is 6.34. The number of carbonyl (C=O) groups is 3. The highest BCUT2D eigenvalue weighted by atomic mass is 35.5. The highest BCUT2D eigenvalue weighted by Crippen LogP contribution is 2.30. The first-order valence-corrected chi connectivity index (χ1v) is 14.5. The van der Waals surface area contributed by atoms with Crippen molar-refractivity contribution in [2.75, 3.05) is 51.2 Å². The molecule has 0 unspecified atom stereocenters. The van der Waals surface area contributed by atoms with E-state index in [1.54, 1.807) is 11.0 Å². The zero-order chi connectivity index (χ0) is 31.4. The van der Waals surface area contributed by atoms with Crippen LogP contribution >= 0.6 is 11.6 Å². The lowest BCUT2D eigenvalue weighted by molar-refractivity contribution is -0.137. The molecule has 0 spiro atoms. The van der Waals surface area contributed by atoms with Crippen LogP contribution in [0.25, 0.3) is 11.3 Å². The molecule has 2 saturated heterocycles. The summed E-state index contributed by atoms with van der Waals surface area (Å²) in [7, 11) is 1.48. The van der Waals surface area contributed by atoms with E-state index in [0.717, 1.165) is 25.9 Å². The standard InChI is InChI=1S/C30H30ClF2N7O4/c1-38-23(21-4-5-24(44-15-8-34)26(33)25(21)32)17-36-27(38)28(41)37-19-2-3-20(22(31)16-19)30(43)40-13-11-39(12-14-40)29(42)18-6-9-35-10-7-18/h2-5,16-18,35H,6-7,9-15H2,1H3,(H,37,41). The van der Waals surface area contributed by atoms with Crippen LogP contribution in [0.15, 0.2) is 36.5 Å². The van der Waals surface area contributed by atoms with Gasteiger partial charge in [-0.1, -0.05) is 11.6 Å². The molecule has 14 heteroatoms. The Morgan fingerprint density at radius 1 is 1.09 bits per heavy atom. The number of halogens is 3. The molecule has 3 aromatic rings. The van der Waals surface area contributed by atoms with E-state index < -0.39 is 29.9 Å². The molecular formula is C30H30ClF2N7O4. The number of carbonyl (C=O) groups excluding carboxylic acids is 3. The van der Waals surface area contributed by atoms with Crippen LogP contribution in [0, 0.1) is 28.9 Å². The molecule has 2 aliphatic rings. The third-order valence-electron chi connectivity index (χ3n) is 7.83. The molecule has 11 nitrogen and oxygen atoms in total. The molecule has 2 fully saturated rings. The van der Waals surface area contributed by atoms with Crippen molar-refractivity contribution in [2.24, 2.45) is 13.0 Å². The molecule has 0 aliphatic carbocycles. The molecule has 0 atom stereocenters. The topological polar surface area (TPSA) is 133 Å². The second-order valence-electron chi connectivity index (χ2n) is 10.5. The number of amides is 3. The normalized spacial score (nSPS) is 15.5. The predicted octanol–water partition coefficient (Wildman–Crippen LogP) is 3.46. The Morgan fingerprint density at radius 3 is 2.48 bits per heavy atom. The van der Waals surface area contributed by atoms with Gasteiger partial charge in [0.05, 0.1) is 22.5 Å². The number of ether oxygens (including phenoxy) is 1. The van der Waals surface area contributed by atoms with Gasteiger partial charge in [0.1, 0.15) is 6.07 Å². The van der Waals surface area contributed by atoms with Crippen LogP contribution in [0.2, 0.25) is 5.02 Å². The number of nitrogens with one attached hydrogen (secondary N) is 2. The summed E-state index contributed by atoms with van der Waals surface area (Å²) in [6, 6.07) is 8.65. The fourth-order valence-electron chi connectivity index (χ4n) is 5.40. The van der Waals surface area contributed by atoms with E-state index in [4.69, 9.17) is 21.6 Å². The Labute approximate surface area is 257 Å². The van der Waals surface area contributed by atoms with Gasteiger partial charge in [-0.2, -0.15) is 9.65 Å². The van der Waals surface area contributed by atoms with E-state index in [9.17, 15) is 23.2 Å². The van der Waals surface area contributed by atoms with E-state index in [1.165, 1.54) is 48.1 Å². The van der Waals surface area contributed by atoms with E-state index in [2.05, 4.69) is 15.6 Å². The van der Waals surface area contributed by atoms with Gasteiger partial charge < -0.3 is 29.7 Å². The van der Waals surface area contributed by atoms with Gasteiger partial charge in [0.2, 0.25) is 11.7 Å². The Balaban J connectivity index is 1.22. The van der Waals surface area contributed by atoms with Crippen LogP contribution in [0.4, 0.5) is 14.5 Å². The minimum Gasteiger partial charge on any atom is -0.476 e. The number of piperidine rings is 1. The number of imidazole rings is 1. The molecule has 3 amide bonds. The minimum atomic E-state index is -1.26. The first-order valence-electron chi connectivity index (χ1n) is 14.1. The summed E-state index contributed by atoms with van der Waals surface area (Å²) in [5.41, 5.74) is 0.551. The first-order chi connectivity index (χ1) is 21.2. The van der Waals surface area contributed by atoms with Gasteiger partial charge in [0.15, 0.2) is 24.0 Å². The molecule has 44 heavy (non-hydrogen) atoms. The van der Waals surface area contributed by atoms with Gasteiger partial charge in [-0.25, -0.2) is 9.37 Å². The summed E-state index contributed by atoms with van der Waals surface area (Å²) >= 11 is 6.45. The summed E-state index contributed by atoms with van der Waals surface area (Å²) in [4.78, 5) is 46.6. The average Bonchev–Trinajstić information content (AvgIpc) is 3.42. The van der Waals surface area contributed by atoms with Crippen LogP contribution in [0.5, 0.6) is 5.75 Å². The molecule has 230 valence electrons. The van der Waals surface area contributed by atoms with Gasteiger partial charge in [0, 0.05) is 50.4 Å². The quantitative estimate of drug-likeness (QED) is 0.411. The third kappa shape index (κ3) is 6.36. The van der Waals surface area contributed by atoms with Crippen LogP contribution in [0.3, 0.4) is 0 Å². The van der Waals surface area contributed by atoms with Crippen LogP contribution in [0.1, 0.15) is 33.8 Å². The Kier molecular flexibility index (Phi) is 9.41. The van der Waals surface area contributed by atoms with Crippen LogP contribution in [-0.2, 0) is 11.8 Å². The second-order valence-corrected chi connectivity index (χ2v) is 10.9. The van der Waals surface area contributed by atoms with Crippen LogP contribution in [-0.4, -0.2) is 82.9 Å². The molecule has 1 aromatic heterocycles. The van der Waals surface area contributed by atoms with Crippen LogP contribution < -0.4 is 15.4 Å². The molecule has 3 heterocycles. The number of benzene rings is 2. The van der Waals surface area contributed by atoms with Crippen molar-refractivity contribution in [2.45, 2.75) is 12.8 Å². The molecule has 0 saturated carbocycles. The van der Waals surface area contributed by atoms with Gasteiger partial charge in [-0.3, -0.25) is 14.4 Å². The lowest BCUT2D eigenvalue weighted by Crippen LogP contribution is -2.52. The summed E-state index contributed by atoms with van der Waals surface area (Å²) in [5, 5.41) is 14.7. The highest BCUT2D eigenvalue weighted by Gasteiger charge is 2.30. The fraction of sp³-hybridized carbons (Fsp3) is 0.367. The maximum atomic E-state index is 14.8. The number of piperazine rings is 1. The Hall–Kier alpha value is -4.54. The fourth-order valence-corrected chi connectivity index (χ4v) is 5.66. The third-order valence-corrected chi connectivity index (χ3v) is 8.14.